The smallest absolute Gasteiger partial charge is 0.254 e. The SMILES string of the molecule is COc1ccc(C(=O)N(CC(=O)NCc2ccc(F)cc2)Cc2cccs2)cc1OC. The van der Waals surface area contributed by atoms with E-state index in [1.54, 1.807) is 30.3 Å². The van der Waals surface area contributed by atoms with Crippen LogP contribution in [0.25, 0.3) is 0 Å². The number of benzene rings is 2. The van der Waals surface area contributed by atoms with E-state index in [-0.39, 0.29) is 30.7 Å². The topological polar surface area (TPSA) is 67.9 Å². The van der Waals surface area contributed by atoms with Crippen molar-refractivity contribution in [2.24, 2.45) is 0 Å². The van der Waals surface area contributed by atoms with Gasteiger partial charge in [0.05, 0.1) is 20.8 Å². The number of halogens is 1. The number of carbonyl (C=O) groups is 2. The number of ether oxygens (including phenoxy) is 2. The van der Waals surface area contributed by atoms with Gasteiger partial charge in [0.2, 0.25) is 5.91 Å². The Hall–Kier alpha value is -3.39. The fraction of sp³-hybridized carbons (Fsp3) is 0.217. The summed E-state index contributed by atoms with van der Waals surface area (Å²) in [5.41, 5.74) is 1.16. The molecule has 0 spiro atoms. The summed E-state index contributed by atoms with van der Waals surface area (Å²) >= 11 is 1.51. The number of thiophene rings is 1. The minimum absolute atomic E-state index is 0.119. The number of nitrogens with zero attached hydrogens (tertiary/aromatic N) is 1. The molecule has 1 aromatic heterocycles. The molecule has 0 saturated heterocycles. The number of hydrogen-bond acceptors (Lipinski definition) is 5. The first-order valence-electron chi connectivity index (χ1n) is 9.55. The molecule has 1 N–H and O–H groups in total. The summed E-state index contributed by atoms with van der Waals surface area (Å²) < 4.78 is 23.6. The van der Waals surface area contributed by atoms with Gasteiger partial charge in [-0.05, 0) is 47.3 Å². The molecule has 0 aliphatic carbocycles. The number of nitrogens with one attached hydrogen (secondary N) is 1. The minimum atomic E-state index is -0.335. The molecule has 0 fully saturated rings. The Morgan fingerprint density at radius 1 is 1.03 bits per heavy atom. The lowest BCUT2D eigenvalue weighted by Crippen LogP contribution is -2.40. The first-order chi connectivity index (χ1) is 15.0. The van der Waals surface area contributed by atoms with Gasteiger partial charge in [0.1, 0.15) is 12.4 Å². The second-order valence-electron chi connectivity index (χ2n) is 6.71. The quantitative estimate of drug-likeness (QED) is 0.546. The molecule has 0 atom stereocenters. The Morgan fingerprint density at radius 2 is 1.77 bits per heavy atom. The van der Waals surface area contributed by atoms with Gasteiger partial charge < -0.3 is 19.7 Å². The average Bonchev–Trinajstić information content (AvgIpc) is 3.30. The van der Waals surface area contributed by atoms with Crippen molar-refractivity contribution in [1.82, 2.24) is 10.2 Å². The highest BCUT2D eigenvalue weighted by atomic mass is 32.1. The van der Waals surface area contributed by atoms with E-state index in [0.29, 0.717) is 23.6 Å². The zero-order valence-electron chi connectivity index (χ0n) is 17.3. The standard InChI is InChI=1S/C23H23FN2O4S/c1-29-20-10-7-17(12-21(20)30-2)23(28)26(14-19-4-3-11-31-19)15-22(27)25-13-16-5-8-18(24)9-6-16/h3-12H,13-15H2,1-2H3,(H,25,27). The molecule has 3 aromatic rings. The highest BCUT2D eigenvalue weighted by Crippen LogP contribution is 2.28. The summed E-state index contributed by atoms with van der Waals surface area (Å²) in [5, 5.41) is 4.70. The molecule has 6 nitrogen and oxygen atoms in total. The molecular formula is C23H23FN2O4S. The molecule has 3 rings (SSSR count). The highest BCUT2D eigenvalue weighted by Gasteiger charge is 2.21. The summed E-state index contributed by atoms with van der Waals surface area (Å²) in [5.74, 6) is 0.00444. The van der Waals surface area contributed by atoms with Crippen molar-refractivity contribution in [1.29, 1.82) is 0 Å². The second kappa shape index (κ2) is 10.6. The maximum absolute atomic E-state index is 13.2. The number of carbonyl (C=O) groups excluding carboxylic acids is 2. The molecule has 0 saturated carbocycles. The Labute approximate surface area is 184 Å². The van der Waals surface area contributed by atoms with Crippen molar-refractivity contribution >= 4 is 23.2 Å². The molecule has 2 aromatic carbocycles. The normalized spacial score (nSPS) is 10.4. The molecule has 0 radical (unpaired) electrons. The lowest BCUT2D eigenvalue weighted by Gasteiger charge is -2.22. The lowest BCUT2D eigenvalue weighted by atomic mass is 10.1. The van der Waals surface area contributed by atoms with Crippen LogP contribution in [0.3, 0.4) is 0 Å². The van der Waals surface area contributed by atoms with Gasteiger partial charge in [0.15, 0.2) is 11.5 Å². The van der Waals surface area contributed by atoms with Crippen LogP contribution in [0.15, 0.2) is 60.0 Å². The maximum atomic E-state index is 13.2. The first kappa shape index (κ1) is 22.3. The van der Waals surface area contributed by atoms with Crippen LogP contribution >= 0.6 is 11.3 Å². The molecule has 8 heteroatoms. The predicted octanol–water partition coefficient (Wildman–Crippen LogP) is 3.86. The Bertz CT molecular complexity index is 1020. The average molecular weight is 443 g/mol. The number of amides is 2. The fourth-order valence-corrected chi connectivity index (χ4v) is 3.69. The van der Waals surface area contributed by atoms with Crippen molar-refractivity contribution in [2.45, 2.75) is 13.1 Å². The number of hydrogen-bond donors (Lipinski definition) is 1. The van der Waals surface area contributed by atoms with E-state index in [1.165, 1.54) is 42.6 Å². The van der Waals surface area contributed by atoms with Crippen LogP contribution in [0.2, 0.25) is 0 Å². The van der Waals surface area contributed by atoms with Crippen LogP contribution in [-0.2, 0) is 17.9 Å². The summed E-state index contributed by atoms with van der Waals surface area (Å²) in [7, 11) is 3.02. The van der Waals surface area contributed by atoms with Crippen LogP contribution < -0.4 is 14.8 Å². The van der Waals surface area contributed by atoms with Gasteiger partial charge in [-0.1, -0.05) is 18.2 Å². The number of rotatable bonds is 9. The van der Waals surface area contributed by atoms with Crippen LogP contribution in [-0.4, -0.2) is 37.5 Å². The van der Waals surface area contributed by atoms with Gasteiger partial charge in [-0.15, -0.1) is 11.3 Å². The molecule has 2 amide bonds. The van der Waals surface area contributed by atoms with Gasteiger partial charge in [0, 0.05) is 17.0 Å². The van der Waals surface area contributed by atoms with Crippen molar-refractivity contribution in [3.63, 3.8) is 0 Å². The van der Waals surface area contributed by atoms with Crippen LogP contribution in [0.1, 0.15) is 20.8 Å². The molecular weight excluding hydrogens is 419 g/mol. The van der Waals surface area contributed by atoms with Crippen LogP contribution in [0.5, 0.6) is 11.5 Å². The van der Waals surface area contributed by atoms with Crippen molar-refractivity contribution < 1.29 is 23.5 Å². The predicted molar refractivity (Wildman–Crippen MR) is 117 cm³/mol. The van der Waals surface area contributed by atoms with Crippen LogP contribution in [0.4, 0.5) is 4.39 Å². The van der Waals surface area contributed by atoms with Gasteiger partial charge in [0.25, 0.3) is 5.91 Å². The second-order valence-corrected chi connectivity index (χ2v) is 7.75. The van der Waals surface area contributed by atoms with Gasteiger partial charge >= 0.3 is 0 Å². The Kier molecular flexibility index (Phi) is 7.61. The molecule has 31 heavy (non-hydrogen) atoms. The fourth-order valence-electron chi connectivity index (χ4n) is 2.97. The summed E-state index contributed by atoms with van der Waals surface area (Å²) in [6.07, 6.45) is 0. The van der Waals surface area contributed by atoms with E-state index in [2.05, 4.69) is 5.32 Å². The summed E-state index contributed by atoms with van der Waals surface area (Å²) in [6.45, 7) is 0.428. The van der Waals surface area contributed by atoms with Gasteiger partial charge in [-0.3, -0.25) is 9.59 Å². The number of methoxy groups -OCH3 is 2. The monoisotopic (exact) mass is 442 g/mol. The molecule has 0 unspecified atom stereocenters. The van der Waals surface area contributed by atoms with E-state index in [1.807, 2.05) is 17.5 Å². The zero-order valence-corrected chi connectivity index (χ0v) is 18.1. The third-order valence-corrected chi connectivity index (χ3v) is 5.44. The first-order valence-corrected chi connectivity index (χ1v) is 10.4. The van der Waals surface area contributed by atoms with E-state index < -0.39 is 0 Å². The van der Waals surface area contributed by atoms with E-state index in [4.69, 9.17) is 9.47 Å². The third kappa shape index (κ3) is 6.05. The van der Waals surface area contributed by atoms with E-state index in [0.717, 1.165) is 10.4 Å². The third-order valence-electron chi connectivity index (χ3n) is 4.58. The molecule has 0 aliphatic heterocycles. The molecule has 1 heterocycles. The van der Waals surface area contributed by atoms with Crippen molar-refractivity contribution in [2.75, 3.05) is 20.8 Å². The van der Waals surface area contributed by atoms with Gasteiger partial charge in [-0.2, -0.15) is 0 Å². The largest absolute Gasteiger partial charge is 0.493 e. The molecule has 0 bridgehead atoms. The van der Waals surface area contributed by atoms with E-state index >= 15 is 0 Å². The Morgan fingerprint density at radius 3 is 2.42 bits per heavy atom. The summed E-state index contributed by atoms with van der Waals surface area (Å²) in [6, 6.07) is 14.6. The van der Waals surface area contributed by atoms with Gasteiger partial charge in [-0.25, -0.2) is 4.39 Å². The zero-order chi connectivity index (χ0) is 22.2. The minimum Gasteiger partial charge on any atom is -0.493 e. The van der Waals surface area contributed by atoms with E-state index in [9.17, 15) is 14.0 Å². The Balaban J connectivity index is 1.73. The van der Waals surface area contributed by atoms with Crippen molar-refractivity contribution in [3.8, 4) is 11.5 Å². The van der Waals surface area contributed by atoms with Crippen LogP contribution in [0, 0.1) is 5.82 Å². The molecule has 162 valence electrons. The summed E-state index contributed by atoms with van der Waals surface area (Å²) in [4.78, 5) is 28.2. The maximum Gasteiger partial charge on any atom is 0.254 e. The lowest BCUT2D eigenvalue weighted by molar-refractivity contribution is -0.122. The highest BCUT2D eigenvalue weighted by molar-refractivity contribution is 7.09. The molecule has 0 aliphatic rings. The van der Waals surface area contributed by atoms with Crippen molar-refractivity contribution in [3.05, 3.63) is 81.8 Å².